The van der Waals surface area contributed by atoms with Crippen molar-refractivity contribution in [3.63, 3.8) is 0 Å². The summed E-state index contributed by atoms with van der Waals surface area (Å²) in [4.78, 5) is 0. The fourth-order valence-corrected chi connectivity index (χ4v) is 1.53. The van der Waals surface area contributed by atoms with E-state index in [-0.39, 0.29) is 19.6 Å². The molecule has 0 fully saturated rings. The number of rotatable bonds is 6. The monoisotopic (exact) mass is 198 g/mol. The third-order valence-corrected chi connectivity index (χ3v) is 2.32. The van der Waals surface area contributed by atoms with Crippen LogP contribution in [0.4, 0.5) is 0 Å². The molecule has 0 aliphatic rings. The summed E-state index contributed by atoms with van der Waals surface area (Å²) in [5.41, 5.74) is -1.20. The molecular formula is C6H14O5S. The van der Waals surface area contributed by atoms with Gasteiger partial charge in [-0.05, 0) is 19.8 Å². The maximum Gasteiger partial charge on any atom is 0.292 e. The highest BCUT2D eigenvalue weighted by Crippen LogP contribution is 2.08. The Hall–Kier alpha value is -0.170. The van der Waals surface area contributed by atoms with Gasteiger partial charge < -0.3 is 9.84 Å². The highest BCUT2D eigenvalue weighted by atomic mass is 32.2. The van der Waals surface area contributed by atoms with Crippen molar-refractivity contribution >= 4 is 10.1 Å². The van der Waals surface area contributed by atoms with Gasteiger partial charge in [-0.3, -0.25) is 4.55 Å². The van der Waals surface area contributed by atoms with E-state index >= 15 is 0 Å². The lowest BCUT2D eigenvalue weighted by Gasteiger charge is -2.12. The summed E-state index contributed by atoms with van der Waals surface area (Å²) in [6.45, 7) is 1.74. The third-order valence-electron chi connectivity index (χ3n) is 1.28. The number of aliphatic hydroxyl groups is 1. The minimum absolute atomic E-state index is 0.112. The molecule has 0 spiro atoms. The molecule has 0 radical (unpaired) electrons. The lowest BCUT2D eigenvalue weighted by Crippen LogP contribution is -2.24. The van der Waals surface area contributed by atoms with Gasteiger partial charge in [0.1, 0.15) is 0 Å². The van der Waals surface area contributed by atoms with Gasteiger partial charge in [0.15, 0.2) is 5.44 Å². The Morgan fingerprint density at radius 3 is 2.42 bits per heavy atom. The Morgan fingerprint density at radius 2 is 2.08 bits per heavy atom. The molecule has 74 valence electrons. The molecule has 0 amide bonds. The van der Waals surface area contributed by atoms with Gasteiger partial charge in [-0.2, -0.15) is 8.42 Å². The molecule has 0 rings (SSSR count). The van der Waals surface area contributed by atoms with E-state index in [0.29, 0.717) is 6.42 Å². The van der Waals surface area contributed by atoms with Crippen LogP contribution in [0.3, 0.4) is 0 Å². The zero-order valence-corrected chi connectivity index (χ0v) is 7.75. The van der Waals surface area contributed by atoms with Crippen LogP contribution < -0.4 is 0 Å². The minimum atomic E-state index is -4.13. The van der Waals surface area contributed by atoms with E-state index in [2.05, 4.69) is 0 Å². The van der Waals surface area contributed by atoms with Crippen molar-refractivity contribution in [1.29, 1.82) is 0 Å². The summed E-state index contributed by atoms with van der Waals surface area (Å²) in [5.74, 6) is 0. The molecule has 12 heavy (non-hydrogen) atoms. The fraction of sp³-hybridized carbons (Fsp3) is 1.00. The predicted octanol–water partition coefficient (Wildman–Crippen LogP) is 0.00930. The van der Waals surface area contributed by atoms with E-state index in [1.165, 1.54) is 0 Å². The Balaban J connectivity index is 4.05. The molecule has 0 aromatic carbocycles. The Morgan fingerprint density at radius 1 is 1.50 bits per heavy atom. The van der Waals surface area contributed by atoms with Gasteiger partial charge >= 0.3 is 0 Å². The molecule has 1 unspecified atom stereocenters. The number of hydrogen-bond acceptors (Lipinski definition) is 4. The van der Waals surface area contributed by atoms with E-state index in [4.69, 9.17) is 14.4 Å². The van der Waals surface area contributed by atoms with Gasteiger partial charge in [0.05, 0.1) is 0 Å². The average molecular weight is 198 g/mol. The van der Waals surface area contributed by atoms with Crippen molar-refractivity contribution in [2.45, 2.75) is 25.2 Å². The predicted molar refractivity (Wildman–Crippen MR) is 43.3 cm³/mol. The zero-order chi connectivity index (χ0) is 9.61. The van der Waals surface area contributed by atoms with Crippen LogP contribution >= 0.6 is 0 Å². The molecule has 6 heteroatoms. The van der Waals surface area contributed by atoms with Crippen molar-refractivity contribution in [3.8, 4) is 0 Å². The van der Waals surface area contributed by atoms with Crippen LogP contribution in [0.15, 0.2) is 0 Å². The second-order valence-corrected chi connectivity index (χ2v) is 3.82. The number of ether oxygens (including phenoxy) is 1. The van der Waals surface area contributed by atoms with Gasteiger partial charge in [-0.1, -0.05) is 0 Å². The van der Waals surface area contributed by atoms with Crippen molar-refractivity contribution < 1.29 is 22.8 Å². The van der Waals surface area contributed by atoms with E-state index in [9.17, 15) is 8.42 Å². The highest BCUT2D eigenvalue weighted by Gasteiger charge is 2.22. The molecule has 0 saturated heterocycles. The molecule has 0 heterocycles. The van der Waals surface area contributed by atoms with Crippen molar-refractivity contribution in [2.24, 2.45) is 0 Å². The van der Waals surface area contributed by atoms with Gasteiger partial charge in [0.2, 0.25) is 0 Å². The second-order valence-electron chi connectivity index (χ2n) is 2.27. The van der Waals surface area contributed by atoms with Crippen molar-refractivity contribution in [2.75, 3.05) is 13.2 Å². The van der Waals surface area contributed by atoms with E-state index in [0.717, 1.165) is 0 Å². The number of hydrogen-bond donors (Lipinski definition) is 2. The van der Waals surface area contributed by atoms with E-state index in [1.807, 2.05) is 0 Å². The molecular weight excluding hydrogens is 184 g/mol. The van der Waals surface area contributed by atoms with Crippen LogP contribution in [-0.2, 0) is 14.9 Å². The molecule has 0 aliphatic carbocycles. The first-order valence-corrected chi connectivity index (χ1v) is 5.21. The number of aliphatic hydroxyl groups excluding tert-OH is 1. The standard InChI is InChI=1S/C6H14O5S/c1-2-11-6(4-3-5-7)12(8,9)10/h6-7H,2-5H2,1H3,(H,8,9,10). The van der Waals surface area contributed by atoms with Crippen molar-refractivity contribution in [3.05, 3.63) is 0 Å². The van der Waals surface area contributed by atoms with Crippen LogP contribution in [0, 0.1) is 0 Å². The average Bonchev–Trinajstić information content (AvgIpc) is 1.95. The molecule has 0 bridgehead atoms. The third kappa shape index (κ3) is 4.66. The summed E-state index contributed by atoms with van der Waals surface area (Å²) in [6.07, 6.45) is 0.410. The van der Waals surface area contributed by atoms with E-state index in [1.54, 1.807) is 6.92 Å². The lowest BCUT2D eigenvalue weighted by molar-refractivity contribution is 0.0982. The Kier molecular flexibility index (Phi) is 5.39. The van der Waals surface area contributed by atoms with Crippen molar-refractivity contribution in [1.82, 2.24) is 0 Å². The molecule has 0 saturated carbocycles. The summed E-state index contributed by atoms with van der Waals surface area (Å²) < 4.78 is 34.5. The van der Waals surface area contributed by atoms with E-state index < -0.39 is 15.6 Å². The largest absolute Gasteiger partial charge is 0.396 e. The van der Waals surface area contributed by atoms with Crippen LogP contribution in [0.5, 0.6) is 0 Å². The SMILES string of the molecule is CCOC(CCCO)S(=O)(=O)O. The maximum absolute atomic E-state index is 10.6. The Labute approximate surface area is 72.1 Å². The Bertz CT molecular complexity index is 198. The minimum Gasteiger partial charge on any atom is -0.396 e. The van der Waals surface area contributed by atoms with Gasteiger partial charge in [-0.15, -0.1) is 0 Å². The quantitative estimate of drug-likeness (QED) is 0.587. The topological polar surface area (TPSA) is 83.8 Å². The van der Waals surface area contributed by atoms with Crippen LogP contribution in [-0.4, -0.2) is 36.7 Å². The van der Waals surface area contributed by atoms with Gasteiger partial charge in [-0.25, -0.2) is 0 Å². The summed E-state index contributed by atoms with van der Waals surface area (Å²) >= 11 is 0. The second kappa shape index (κ2) is 5.47. The molecule has 5 nitrogen and oxygen atoms in total. The maximum atomic E-state index is 10.6. The molecule has 0 aromatic heterocycles. The summed E-state index contributed by atoms with van der Waals surface area (Å²) in [5, 5.41) is 8.42. The molecule has 2 N–H and O–H groups in total. The highest BCUT2D eigenvalue weighted by molar-refractivity contribution is 7.86. The fourth-order valence-electron chi connectivity index (χ4n) is 0.762. The molecule has 1 atom stereocenters. The first-order chi connectivity index (χ1) is 5.52. The smallest absolute Gasteiger partial charge is 0.292 e. The molecule has 0 aliphatic heterocycles. The van der Waals surface area contributed by atoms with Crippen LogP contribution in [0.1, 0.15) is 19.8 Å². The summed E-state index contributed by atoms with van der Waals surface area (Å²) in [7, 11) is -4.13. The first kappa shape index (κ1) is 11.8. The van der Waals surface area contributed by atoms with Gasteiger partial charge in [0.25, 0.3) is 10.1 Å². The lowest BCUT2D eigenvalue weighted by atomic mass is 10.3. The first-order valence-electron chi connectivity index (χ1n) is 3.71. The summed E-state index contributed by atoms with van der Waals surface area (Å²) in [6, 6.07) is 0. The van der Waals surface area contributed by atoms with Gasteiger partial charge in [0, 0.05) is 13.2 Å². The van der Waals surface area contributed by atoms with Crippen LogP contribution in [0.2, 0.25) is 0 Å². The normalized spacial score (nSPS) is 14.6. The van der Waals surface area contributed by atoms with Crippen LogP contribution in [0.25, 0.3) is 0 Å². The zero-order valence-electron chi connectivity index (χ0n) is 6.93. The molecule has 0 aromatic rings.